The van der Waals surface area contributed by atoms with Crippen molar-refractivity contribution in [1.29, 1.82) is 5.26 Å². The van der Waals surface area contributed by atoms with Crippen LogP contribution in [0.5, 0.6) is 11.5 Å². The number of aliphatic hydroxyl groups is 1. The van der Waals surface area contributed by atoms with Gasteiger partial charge in [0, 0.05) is 13.1 Å². The smallest absolute Gasteiger partial charge is 0.240 e. The summed E-state index contributed by atoms with van der Waals surface area (Å²) in [5.74, 6) is 0.490. The lowest BCUT2D eigenvalue weighted by atomic mass is 9.95. The van der Waals surface area contributed by atoms with Gasteiger partial charge in [0.05, 0.1) is 18.7 Å². The van der Waals surface area contributed by atoms with Crippen LogP contribution in [0.2, 0.25) is 0 Å². The van der Waals surface area contributed by atoms with Gasteiger partial charge in [0.2, 0.25) is 5.91 Å². The number of amides is 1. The second-order valence-corrected chi connectivity index (χ2v) is 6.51. The Bertz CT molecular complexity index is 673. The molecule has 2 fully saturated rings. The summed E-state index contributed by atoms with van der Waals surface area (Å²) in [6.07, 6.45) is 2.27. The van der Waals surface area contributed by atoms with Gasteiger partial charge in [-0.05, 0) is 42.9 Å². The number of aliphatic hydroxyl groups excluding tert-OH is 1. The Morgan fingerprint density at radius 2 is 2.32 bits per heavy atom. The number of rotatable bonds is 5. The van der Waals surface area contributed by atoms with E-state index in [-0.39, 0.29) is 42.9 Å². The molecule has 3 atom stereocenters. The van der Waals surface area contributed by atoms with E-state index >= 15 is 0 Å². The van der Waals surface area contributed by atoms with Crippen LogP contribution in [0.1, 0.15) is 30.7 Å². The monoisotopic (exact) mass is 345 g/mol. The molecule has 0 aromatic heterocycles. The van der Waals surface area contributed by atoms with Gasteiger partial charge in [-0.25, -0.2) is 0 Å². The van der Waals surface area contributed by atoms with E-state index < -0.39 is 0 Å². The molecule has 0 spiro atoms. The minimum atomic E-state index is -0.305. The zero-order valence-corrected chi connectivity index (χ0v) is 14.0. The molecule has 7 heteroatoms. The van der Waals surface area contributed by atoms with E-state index in [2.05, 4.69) is 11.4 Å². The summed E-state index contributed by atoms with van der Waals surface area (Å²) in [6.45, 7) is 1.32. The second-order valence-electron chi connectivity index (χ2n) is 6.51. The molecule has 25 heavy (non-hydrogen) atoms. The van der Waals surface area contributed by atoms with Gasteiger partial charge < -0.3 is 25.2 Å². The Morgan fingerprint density at radius 1 is 1.48 bits per heavy atom. The highest BCUT2D eigenvalue weighted by Crippen LogP contribution is 2.34. The fraction of sp³-hybridized carbons (Fsp3) is 0.556. The average molecular weight is 345 g/mol. The maximum Gasteiger partial charge on any atom is 0.240 e. The SMILES string of the molecule is N#C[C@@H]1CCCN1C(=O)[C@@H]1C[C@H](c2ccc(OCCO)c(O)c2)CN1. The van der Waals surface area contributed by atoms with E-state index in [1.807, 2.05) is 6.07 Å². The van der Waals surface area contributed by atoms with Crippen LogP contribution in [-0.2, 0) is 4.79 Å². The summed E-state index contributed by atoms with van der Waals surface area (Å²) in [7, 11) is 0. The van der Waals surface area contributed by atoms with Gasteiger partial charge in [-0.15, -0.1) is 0 Å². The minimum absolute atomic E-state index is 0.00123. The number of hydrogen-bond donors (Lipinski definition) is 3. The Morgan fingerprint density at radius 3 is 3.04 bits per heavy atom. The Kier molecular flexibility index (Phi) is 5.41. The molecule has 1 aromatic carbocycles. The van der Waals surface area contributed by atoms with Crippen LogP contribution in [0.15, 0.2) is 18.2 Å². The highest BCUT2D eigenvalue weighted by atomic mass is 16.5. The first kappa shape index (κ1) is 17.5. The lowest BCUT2D eigenvalue weighted by Crippen LogP contribution is -2.45. The molecule has 2 saturated heterocycles. The maximum atomic E-state index is 12.7. The molecule has 2 heterocycles. The van der Waals surface area contributed by atoms with Crippen molar-refractivity contribution in [1.82, 2.24) is 10.2 Å². The number of nitrogens with zero attached hydrogens (tertiary/aromatic N) is 2. The summed E-state index contributed by atoms with van der Waals surface area (Å²) in [4.78, 5) is 14.3. The minimum Gasteiger partial charge on any atom is -0.504 e. The summed E-state index contributed by atoms with van der Waals surface area (Å²) in [6, 6.07) is 6.82. The third-order valence-corrected chi connectivity index (χ3v) is 4.92. The molecule has 3 N–H and O–H groups in total. The third kappa shape index (κ3) is 3.70. The molecule has 2 aliphatic rings. The highest BCUT2D eigenvalue weighted by Gasteiger charge is 2.37. The Balaban J connectivity index is 1.64. The van der Waals surface area contributed by atoms with E-state index in [0.29, 0.717) is 25.3 Å². The standard InChI is InChI=1S/C18H23N3O4/c19-10-14-2-1-5-21(14)18(24)15-8-13(11-20-15)12-3-4-17(16(23)9-12)25-7-6-22/h3-4,9,13-15,20,22-23H,1-2,5-8,11H2/t13-,14-,15-/m0/s1. The van der Waals surface area contributed by atoms with E-state index in [9.17, 15) is 9.90 Å². The van der Waals surface area contributed by atoms with E-state index in [1.165, 1.54) is 0 Å². The third-order valence-electron chi connectivity index (χ3n) is 4.92. The Hall–Kier alpha value is -2.30. The van der Waals surface area contributed by atoms with Crippen molar-refractivity contribution >= 4 is 5.91 Å². The second kappa shape index (κ2) is 7.72. The van der Waals surface area contributed by atoms with Gasteiger partial charge in [0.1, 0.15) is 12.6 Å². The largest absolute Gasteiger partial charge is 0.504 e. The molecule has 0 aliphatic carbocycles. The summed E-state index contributed by atoms with van der Waals surface area (Å²) in [5, 5.41) is 31.2. The molecule has 0 radical (unpaired) electrons. The number of benzene rings is 1. The number of aromatic hydroxyl groups is 1. The van der Waals surface area contributed by atoms with Gasteiger partial charge >= 0.3 is 0 Å². The molecule has 0 bridgehead atoms. The summed E-state index contributed by atoms with van der Waals surface area (Å²) < 4.78 is 5.25. The highest BCUT2D eigenvalue weighted by molar-refractivity contribution is 5.83. The van der Waals surface area contributed by atoms with Crippen LogP contribution in [-0.4, -0.2) is 59.4 Å². The zero-order valence-electron chi connectivity index (χ0n) is 14.0. The first-order valence-electron chi connectivity index (χ1n) is 8.64. The Labute approximate surface area is 146 Å². The molecule has 1 amide bonds. The quantitative estimate of drug-likeness (QED) is 0.726. The van der Waals surface area contributed by atoms with Crippen molar-refractivity contribution in [3.63, 3.8) is 0 Å². The van der Waals surface area contributed by atoms with Crippen LogP contribution in [0.25, 0.3) is 0 Å². The molecule has 1 aromatic rings. The molecule has 3 rings (SSSR count). The fourth-order valence-corrected chi connectivity index (χ4v) is 3.61. The van der Waals surface area contributed by atoms with Gasteiger partial charge in [0.25, 0.3) is 0 Å². The topological polar surface area (TPSA) is 106 Å². The van der Waals surface area contributed by atoms with E-state index in [4.69, 9.17) is 15.1 Å². The van der Waals surface area contributed by atoms with Crippen LogP contribution < -0.4 is 10.1 Å². The average Bonchev–Trinajstić information content (AvgIpc) is 3.29. The number of carbonyl (C=O) groups excluding carboxylic acids is 1. The van der Waals surface area contributed by atoms with E-state index in [1.54, 1.807) is 17.0 Å². The van der Waals surface area contributed by atoms with Crippen molar-refractivity contribution in [3.05, 3.63) is 23.8 Å². The fourth-order valence-electron chi connectivity index (χ4n) is 3.61. The molecule has 7 nitrogen and oxygen atoms in total. The van der Waals surface area contributed by atoms with Gasteiger partial charge in [0.15, 0.2) is 11.5 Å². The number of phenolic OH excluding ortho intramolecular Hbond substituents is 1. The molecular weight excluding hydrogens is 322 g/mol. The van der Waals surface area contributed by atoms with Crippen molar-refractivity contribution in [2.24, 2.45) is 0 Å². The van der Waals surface area contributed by atoms with Gasteiger partial charge in [-0.2, -0.15) is 5.26 Å². The summed E-state index contributed by atoms with van der Waals surface area (Å²) >= 11 is 0. The van der Waals surface area contributed by atoms with Crippen LogP contribution in [0.4, 0.5) is 0 Å². The van der Waals surface area contributed by atoms with Gasteiger partial charge in [-0.3, -0.25) is 4.79 Å². The van der Waals surface area contributed by atoms with Crippen molar-refractivity contribution < 1.29 is 19.7 Å². The normalized spacial score (nSPS) is 25.8. The maximum absolute atomic E-state index is 12.7. The van der Waals surface area contributed by atoms with Crippen LogP contribution in [0.3, 0.4) is 0 Å². The number of nitriles is 1. The molecule has 0 unspecified atom stereocenters. The molecule has 0 saturated carbocycles. The number of ether oxygens (including phenoxy) is 1. The van der Waals surface area contributed by atoms with Gasteiger partial charge in [-0.1, -0.05) is 6.07 Å². The predicted molar refractivity (Wildman–Crippen MR) is 90.2 cm³/mol. The molecular formula is C18H23N3O4. The number of likely N-dealkylation sites (tertiary alicyclic amines) is 1. The first-order valence-corrected chi connectivity index (χ1v) is 8.64. The predicted octanol–water partition coefficient (Wildman–Crippen LogP) is 0.723. The number of hydrogen-bond acceptors (Lipinski definition) is 6. The first-order chi connectivity index (χ1) is 12.1. The summed E-state index contributed by atoms with van der Waals surface area (Å²) in [5.41, 5.74) is 0.940. The number of phenols is 1. The molecule has 134 valence electrons. The lowest BCUT2D eigenvalue weighted by Gasteiger charge is -2.23. The van der Waals surface area contributed by atoms with Crippen molar-refractivity contribution in [2.45, 2.75) is 37.3 Å². The zero-order chi connectivity index (χ0) is 17.8. The number of nitrogens with one attached hydrogen (secondary N) is 1. The van der Waals surface area contributed by atoms with Crippen molar-refractivity contribution in [3.8, 4) is 17.6 Å². The lowest BCUT2D eigenvalue weighted by molar-refractivity contribution is -0.133. The van der Waals surface area contributed by atoms with E-state index in [0.717, 1.165) is 18.4 Å². The molecule has 2 aliphatic heterocycles. The number of carbonyl (C=O) groups is 1. The van der Waals surface area contributed by atoms with Crippen molar-refractivity contribution in [2.75, 3.05) is 26.3 Å². The van der Waals surface area contributed by atoms with Crippen LogP contribution >= 0.6 is 0 Å². The van der Waals surface area contributed by atoms with Crippen LogP contribution in [0, 0.1) is 11.3 Å².